The molecule has 4 heteroatoms. The lowest BCUT2D eigenvalue weighted by Crippen LogP contribution is -2.22. The molecule has 2 heterocycles. The Bertz CT molecular complexity index is 318. The van der Waals surface area contributed by atoms with E-state index in [1.807, 2.05) is 11.7 Å². The molecule has 14 heavy (non-hydrogen) atoms. The molecule has 1 aliphatic heterocycles. The van der Waals surface area contributed by atoms with Gasteiger partial charge in [0, 0.05) is 26.3 Å². The van der Waals surface area contributed by atoms with Gasteiger partial charge in [0.05, 0.1) is 11.4 Å². The lowest BCUT2D eigenvalue weighted by molar-refractivity contribution is 0.602. The molecule has 0 radical (unpaired) electrons. The van der Waals surface area contributed by atoms with Crippen LogP contribution in [0.4, 0.5) is 5.69 Å². The third kappa shape index (κ3) is 1.62. The van der Waals surface area contributed by atoms with Crippen molar-refractivity contribution >= 4 is 5.69 Å². The second kappa shape index (κ2) is 3.61. The number of rotatable bonds is 2. The third-order valence-electron chi connectivity index (χ3n) is 2.95. The summed E-state index contributed by atoms with van der Waals surface area (Å²) in [7, 11) is 1.97. The van der Waals surface area contributed by atoms with Gasteiger partial charge < -0.3 is 10.6 Å². The van der Waals surface area contributed by atoms with E-state index >= 15 is 0 Å². The molecule has 1 fully saturated rings. The average molecular weight is 194 g/mol. The van der Waals surface area contributed by atoms with Crippen molar-refractivity contribution in [3.63, 3.8) is 0 Å². The van der Waals surface area contributed by atoms with Crippen LogP contribution in [0.2, 0.25) is 0 Å². The van der Waals surface area contributed by atoms with Crippen LogP contribution >= 0.6 is 0 Å². The van der Waals surface area contributed by atoms with Crippen LogP contribution in [0.5, 0.6) is 0 Å². The van der Waals surface area contributed by atoms with Crippen LogP contribution in [0, 0.1) is 12.8 Å². The van der Waals surface area contributed by atoms with Crippen molar-refractivity contribution in [3.8, 4) is 0 Å². The Morgan fingerprint density at radius 1 is 1.64 bits per heavy atom. The van der Waals surface area contributed by atoms with Gasteiger partial charge in [0.2, 0.25) is 0 Å². The first kappa shape index (κ1) is 9.52. The molecule has 2 N–H and O–H groups in total. The topological polar surface area (TPSA) is 47.1 Å². The van der Waals surface area contributed by atoms with Crippen molar-refractivity contribution in [2.75, 3.05) is 24.5 Å². The predicted molar refractivity (Wildman–Crippen MR) is 57.3 cm³/mol. The Hall–Kier alpha value is -1.03. The molecule has 1 atom stereocenters. The molecule has 0 amide bonds. The fourth-order valence-electron chi connectivity index (χ4n) is 2.14. The standard InChI is InChI=1S/C10H18N4/c1-8-10(7-13(2)12-8)14-4-3-9(5-11)6-14/h7,9H,3-6,11H2,1-2H3. The number of hydrogen-bond donors (Lipinski definition) is 1. The molecule has 0 aliphatic carbocycles. The summed E-state index contributed by atoms with van der Waals surface area (Å²) in [5.41, 5.74) is 8.05. The van der Waals surface area contributed by atoms with E-state index in [4.69, 9.17) is 5.73 Å². The normalized spacial score (nSPS) is 21.9. The zero-order valence-corrected chi connectivity index (χ0v) is 8.90. The number of aromatic nitrogens is 2. The van der Waals surface area contributed by atoms with Gasteiger partial charge in [0.1, 0.15) is 0 Å². The fraction of sp³-hybridized carbons (Fsp3) is 0.700. The number of anilines is 1. The number of nitrogens with two attached hydrogens (primary N) is 1. The minimum absolute atomic E-state index is 0.662. The van der Waals surface area contributed by atoms with E-state index in [-0.39, 0.29) is 0 Å². The summed E-state index contributed by atoms with van der Waals surface area (Å²) in [6.07, 6.45) is 3.30. The third-order valence-corrected chi connectivity index (χ3v) is 2.95. The van der Waals surface area contributed by atoms with Gasteiger partial charge in [-0.05, 0) is 25.8 Å². The highest BCUT2D eigenvalue weighted by molar-refractivity contribution is 5.49. The average Bonchev–Trinajstić information content (AvgIpc) is 2.71. The van der Waals surface area contributed by atoms with E-state index in [1.165, 1.54) is 12.1 Å². The summed E-state index contributed by atoms with van der Waals surface area (Å²) >= 11 is 0. The van der Waals surface area contributed by atoms with Gasteiger partial charge in [-0.1, -0.05) is 0 Å². The quantitative estimate of drug-likeness (QED) is 0.746. The van der Waals surface area contributed by atoms with Crippen molar-refractivity contribution in [3.05, 3.63) is 11.9 Å². The van der Waals surface area contributed by atoms with Gasteiger partial charge in [0.15, 0.2) is 0 Å². The summed E-state index contributed by atoms with van der Waals surface area (Å²) in [6, 6.07) is 0. The van der Waals surface area contributed by atoms with Crippen LogP contribution in [0.15, 0.2) is 6.20 Å². The molecule has 0 saturated carbocycles. The molecule has 1 aromatic rings. The van der Waals surface area contributed by atoms with Crippen molar-refractivity contribution in [1.82, 2.24) is 9.78 Å². The molecule has 0 aromatic carbocycles. The van der Waals surface area contributed by atoms with Crippen LogP contribution in [0.1, 0.15) is 12.1 Å². The second-order valence-electron chi connectivity index (χ2n) is 4.11. The minimum Gasteiger partial charge on any atom is -0.368 e. The summed E-state index contributed by atoms with van der Waals surface area (Å²) < 4.78 is 1.88. The SMILES string of the molecule is Cc1nn(C)cc1N1CCC(CN)C1. The fourth-order valence-corrected chi connectivity index (χ4v) is 2.14. The number of nitrogens with zero attached hydrogens (tertiary/aromatic N) is 3. The van der Waals surface area contributed by atoms with E-state index < -0.39 is 0 Å². The first-order valence-electron chi connectivity index (χ1n) is 5.16. The van der Waals surface area contributed by atoms with Crippen LogP contribution in [0.25, 0.3) is 0 Å². The highest BCUT2D eigenvalue weighted by Gasteiger charge is 2.23. The Kier molecular flexibility index (Phi) is 2.46. The van der Waals surface area contributed by atoms with E-state index in [9.17, 15) is 0 Å². The molecular weight excluding hydrogens is 176 g/mol. The van der Waals surface area contributed by atoms with Gasteiger partial charge in [-0.15, -0.1) is 0 Å². The molecule has 1 aliphatic rings. The van der Waals surface area contributed by atoms with E-state index in [1.54, 1.807) is 0 Å². The van der Waals surface area contributed by atoms with Crippen molar-refractivity contribution < 1.29 is 0 Å². The zero-order valence-electron chi connectivity index (χ0n) is 8.90. The van der Waals surface area contributed by atoms with Gasteiger partial charge >= 0.3 is 0 Å². The smallest absolute Gasteiger partial charge is 0.0827 e. The molecule has 1 unspecified atom stereocenters. The minimum atomic E-state index is 0.662. The molecule has 0 bridgehead atoms. The van der Waals surface area contributed by atoms with E-state index in [0.717, 1.165) is 25.3 Å². The first-order valence-corrected chi connectivity index (χ1v) is 5.16. The van der Waals surface area contributed by atoms with Gasteiger partial charge in [-0.2, -0.15) is 5.10 Å². The Labute approximate surface area is 84.7 Å². The van der Waals surface area contributed by atoms with Gasteiger partial charge in [-0.3, -0.25) is 4.68 Å². The molecular formula is C10H18N4. The summed E-state index contributed by atoms with van der Waals surface area (Å²) in [6.45, 7) is 5.07. The molecule has 2 rings (SSSR count). The molecule has 4 nitrogen and oxygen atoms in total. The zero-order chi connectivity index (χ0) is 10.1. The highest BCUT2D eigenvalue weighted by Crippen LogP contribution is 2.25. The number of aryl methyl sites for hydroxylation is 2. The van der Waals surface area contributed by atoms with Gasteiger partial charge in [0.25, 0.3) is 0 Å². The highest BCUT2D eigenvalue weighted by atomic mass is 15.3. The maximum absolute atomic E-state index is 5.67. The second-order valence-corrected chi connectivity index (χ2v) is 4.11. The predicted octanol–water partition coefficient (Wildman–Crippen LogP) is 0.514. The van der Waals surface area contributed by atoms with Crippen LogP contribution in [-0.4, -0.2) is 29.4 Å². The largest absolute Gasteiger partial charge is 0.368 e. The molecule has 1 saturated heterocycles. The summed E-state index contributed by atoms with van der Waals surface area (Å²) in [5.74, 6) is 0.662. The number of hydrogen-bond acceptors (Lipinski definition) is 3. The summed E-state index contributed by atoms with van der Waals surface area (Å²) in [5, 5.41) is 4.35. The Balaban J connectivity index is 2.13. The van der Waals surface area contributed by atoms with Crippen LogP contribution in [0.3, 0.4) is 0 Å². The lowest BCUT2D eigenvalue weighted by atomic mass is 10.1. The first-order chi connectivity index (χ1) is 6.70. The van der Waals surface area contributed by atoms with Gasteiger partial charge in [-0.25, -0.2) is 0 Å². The lowest BCUT2D eigenvalue weighted by Gasteiger charge is -2.16. The van der Waals surface area contributed by atoms with Crippen LogP contribution < -0.4 is 10.6 Å². The molecule has 0 spiro atoms. The molecule has 1 aromatic heterocycles. The Morgan fingerprint density at radius 3 is 2.93 bits per heavy atom. The maximum atomic E-state index is 5.67. The van der Waals surface area contributed by atoms with Crippen molar-refractivity contribution in [1.29, 1.82) is 0 Å². The van der Waals surface area contributed by atoms with Crippen LogP contribution in [-0.2, 0) is 7.05 Å². The van der Waals surface area contributed by atoms with Crippen molar-refractivity contribution in [2.45, 2.75) is 13.3 Å². The van der Waals surface area contributed by atoms with E-state index in [2.05, 4.69) is 23.1 Å². The molecule has 78 valence electrons. The van der Waals surface area contributed by atoms with Crippen molar-refractivity contribution in [2.24, 2.45) is 18.7 Å². The Morgan fingerprint density at radius 2 is 2.43 bits per heavy atom. The van der Waals surface area contributed by atoms with E-state index in [0.29, 0.717) is 5.92 Å². The maximum Gasteiger partial charge on any atom is 0.0827 e. The summed E-state index contributed by atoms with van der Waals surface area (Å²) in [4.78, 5) is 2.39. The monoisotopic (exact) mass is 194 g/mol.